The molecule has 2 heterocycles. The van der Waals surface area contributed by atoms with Gasteiger partial charge in [0.2, 0.25) is 15.9 Å². The minimum Gasteiger partial charge on any atom is -0.339 e. The van der Waals surface area contributed by atoms with Crippen LogP contribution in [-0.2, 0) is 16.4 Å². The van der Waals surface area contributed by atoms with Crippen LogP contribution < -0.4 is 0 Å². The van der Waals surface area contributed by atoms with E-state index in [-0.39, 0.29) is 5.92 Å². The fourth-order valence-electron chi connectivity index (χ4n) is 2.60. The Hall–Kier alpha value is -0.950. The molecule has 2 aliphatic rings. The number of hydrogen-bond acceptors (Lipinski definition) is 5. The van der Waals surface area contributed by atoms with Crippen molar-refractivity contribution in [1.82, 2.24) is 14.4 Å². The molecule has 2 fully saturated rings. The monoisotopic (exact) mass is 285 g/mol. The van der Waals surface area contributed by atoms with Gasteiger partial charge in [-0.05, 0) is 31.6 Å². The minimum atomic E-state index is -3.08. The number of nitrogens with zero attached hydrogens (tertiary/aromatic N) is 3. The standard InChI is InChI=1S/C12H19N3O3S/c1-19(16,17)15-6-2-3-9(8-15)7-11-13-12(14-18-11)10-4-5-10/h9-10H,2-8H2,1H3. The van der Waals surface area contributed by atoms with Gasteiger partial charge in [-0.3, -0.25) is 0 Å². The van der Waals surface area contributed by atoms with Gasteiger partial charge in [-0.25, -0.2) is 12.7 Å². The van der Waals surface area contributed by atoms with Crippen LogP contribution in [0.1, 0.15) is 43.3 Å². The van der Waals surface area contributed by atoms with Crippen LogP contribution >= 0.6 is 0 Å². The molecule has 7 heteroatoms. The molecule has 0 N–H and O–H groups in total. The fourth-order valence-corrected chi connectivity index (χ4v) is 3.54. The summed E-state index contributed by atoms with van der Waals surface area (Å²) in [6, 6.07) is 0. The van der Waals surface area contributed by atoms with Crippen molar-refractivity contribution in [2.24, 2.45) is 5.92 Å². The maximum absolute atomic E-state index is 11.6. The molecule has 1 atom stereocenters. The molecule has 1 aliphatic carbocycles. The van der Waals surface area contributed by atoms with Crippen molar-refractivity contribution >= 4 is 10.0 Å². The largest absolute Gasteiger partial charge is 0.339 e. The third kappa shape index (κ3) is 3.14. The van der Waals surface area contributed by atoms with E-state index in [1.54, 1.807) is 4.31 Å². The van der Waals surface area contributed by atoms with Gasteiger partial charge >= 0.3 is 0 Å². The molecule has 19 heavy (non-hydrogen) atoms. The fraction of sp³-hybridized carbons (Fsp3) is 0.833. The van der Waals surface area contributed by atoms with E-state index in [4.69, 9.17) is 4.52 Å². The van der Waals surface area contributed by atoms with Crippen LogP contribution in [0.2, 0.25) is 0 Å². The molecule has 0 amide bonds. The number of aromatic nitrogens is 2. The lowest BCUT2D eigenvalue weighted by molar-refractivity contribution is 0.248. The highest BCUT2D eigenvalue weighted by Gasteiger charge is 2.30. The lowest BCUT2D eigenvalue weighted by Gasteiger charge is -2.30. The molecular weight excluding hydrogens is 266 g/mol. The van der Waals surface area contributed by atoms with Gasteiger partial charge in [0.1, 0.15) is 0 Å². The van der Waals surface area contributed by atoms with Crippen LogP contribution in [0, 0.1) is 5.92 Å². The number of sulfonamides is 1. The van der Waals surface area contributed by atoms with Gasteiger partial charge in [0.15, 0.2) is 5.82 Å². The maximum Gasteiger partial charge on any atom is 0.226 e. The quantitative estimate of drug-likeness (QED) is 0.829. The zero-order valence-corrected chi connectivity index (χ0v) is 11.9. The van der Waals surface area contributed by atoms with E-state index in [2.05, 4.69) is 10.1 Å². The van der Waals surface area contributed by atoms with Gasteiger partial charge < -0.3 is 4.52 Å². The highest BCUT2D eigenvalue weighted by molar-refractivity contribution is 7.88. The van der Waals surface area contributed by atoms with Crippen molar-refractivity contribution in [3.8, 4) is 0 Å². The summed E-state index contributed by atoms with van der Waals surface area (Å²) in [5, 5.41) is 3.99. The molecule has 1 aromatic heterocycles. The summed E-state index contributed by atoms with van der Waals surface area (Å²) in [6.45, 7) is 1.20. The smallest absolute Gasteiger partial charge is 0.226 e. The van der Waals surface area contributed by atoms with Gasteiger partial charge in [0.25, 0.3) is 0 Å². The predicted octanol–water partition coefficient (Wildman–Crippen LogP) is 1.16. The van der Waals surface area contributed by atoms with Gasteiger partial charge in [-0.15, -0.1) is 0 Å². The topological polar surface area (TPSA) is 76.3 Å². The average Bonchev–Trinajstić information content (AvgIpc) is 3.10. The second kappa shape index (κ2) is 4.86. The van der Waals surface area contributed by atoms with E-state index in [0.717, 1.165) is 31.5 Å². The van der Waals surface area contributed by atoms with E-state index >= 15 is 0 Å². The van der Waals surface area contributed by atoms with Gasteiger partial charge in [0.05, 0.1) is 6.26 Å². The van der Waals surface area contributed by atoms with Crippen LogP contribution in [-0.4, -0.2) is 42.2 Å². The van der Waals surface area contributed by atoms with E-state index in [9.17, 15) is 8.42 Å². The zero-order chi connectivity index (χ0) is 13.5. The second-order valence-electron chi connectivity index (χ2n) is 5.65. The first-order chi connectivity index (χ1) is 9.02. The van der Waals surface area contributed by atoms with Gasteiger partial charge in [-0.1, -0.05) is 5.16 Å². The molecule has 6 nitrogen and oxygen atoms in total. The first-order valence-electron chi connectivity index (χ1n) is 6.80. The Kier molecular flexibility index (Phi) is 3.34. The van der Waals surface area contributed by atoms with Crippen molar-refractivity contribution in [3.05, 3.63) is 11.7 Å². The molecular formula is C12H19N3O3S. The number of piperidine rings is 1. The van der Waals surface area contributed by atoms with Gasteiger partial charge in [0, 0.05) is 25.4 Å². The Bertz CT molecular complexity index is 550. The van der Waals surface area contributed by atoms with Crippen molar-refractivity contribution in [1.29, 1.82) is 0 Å². The van der Waals surface area contributed by atoms with Crippen LogP contribution in [0.5, 0.6) is 0 Å². The van der Waals surface area contributed by atoms with Crippen LogP contribution in [0.25, 0.3) is 0 Å². The molecule has 0 spiro atoms. The summed E-state index contributed by atoms with van der Waals surface area (Å²) >= 11 is 0. The third-order valence-corrected chi connectivity index (χ3v) is 5.11. The Morgan fingerprint density at radius 1 is 1.37 bits per heavy atom. The minimum absolute atomic E-state index is 0.288. The third-order valence-electron chi connectivity index (χ3n) is 3.84. The summed E-state index contributed by atoms with van der Waals surface area (Å²) < 4.78 is 29.9. The number of hydrogen-bond donors (Lipinski definition) is 0. The summed E-state index contributed by atoms with van der Waals surface area (Å²) in [5.41, 5.74) is 0. The van der Waals surface area contributed by atoms with Crippen LogP contribution in [0.15, 0.2) is 4.52 Å². The molecule has 0 bridgehead atoms. The zero-order valence-electron chi connectivity index (χ0n) is 11.1. The first kappa shape index (κ1) is 13.1. The van der Waals surface area contributed by atoms with E-state index in [1.165, 1.54) is 6.26 Å². The summed E-state index contributed by atoms with van der Waals surface area (Å²) in [4.78, 5) is 4.41. The molecule has 1 aliphatic heterocycles. The Labute approximate surface area is 113 Å². The van der Waals surface area contributed by atoms with E-state index < -0.39 is 10.0 Å². The van der Waals surface area contributed by atoms with Crippen molar-refractivity contribution < 1.29 is 12.9 Å². The molecule has 0 aromatic carbocycles. The second-order valence-corrected chi connectivity index (χ2v) is 7.64. The van der Waals surface area contributed by atoms with Crippen LogP contribution in [0.3, 0.4) is 0 Å². The molecule has 106 valence electrons. The normalized spacial score (nSPS) is 25.6. The first-order valence-corrected chi connectivity index (χ1v) is 8.65. The van der Waals surface area contributed by atoms with Crippen LogP contribution in [0.4, 0.5) is 0 Å². The Morgan fingerprint density at radius 2 is 2.16 bits per heavy atom. The highest BCUT2D eigenvalue weighted by atomic mass is 32.2. The Morgan fingerprint density at radius 3 is 2.84 bits per heavy atom. The molecule has 1 saturated heterocycles. The Balaban J connectivity index is 1.62. The molecule has 3 rings (SSSR count). The van der Waals surface area contributed by atoms with E-state index in [1.807, 2.05) is 0 Å². The lowest BCUT2D eigenvalue weighted by atomic mass is 9.96. The highest BCUT2D eigenvalue weighted by Crippen LogP contribution is 2.38. The maximum atomic E-state index is 11.6. The lowest BCUT2D eigenvalue weighted by Crippen LogP contribution is -2.39. The van der Waals surface area contributed by atoms with Crippen molar-refractivity contribution in [3.63, 3.8) is 0 Å². The average molecular weight is 285 g/mol. The summed E-state index contributed by atoms with van der Waals surface area (Å²) in [5.74, 6) is 2.26. The molecule has 1 unspecified atom stereocenters. The number of rotatable bonds is 4. The molecule has 1 saturated carbocycles. The molecule has 1 aromatic rings. The molecule has 0 radical (unpaired) electrons. The summed E-state index contributed by atoms with van der Waals surface area (Å²) in [7, 11) is -3.08. The SMILES string of the molecule is CS(=O)(=O)N1CCCC(Cc2nc(C3CC3)no2)C1. The van der Waals surface area contributed by atoms with Crippen molar-refractivity contribution in [2.75, 3.05) is 19.3 Å². The van der Waals surface area contributed by atoms with E-state index in [0.29, 0.717) is 31.3 Å². The predicted molar refractivity (Wildman–Crippen MR) is 69.1 cm³/mol. The van der Waals surface area contributed by atoms with Gasteiger partial charge in [-0.2, -0.15) is 4.98 Å². The summed E-state index contributed by atoms with van der Waals surface area (Å²) in [6.07, 6.45) is 6.20. The van der Waals surface area contributed by atoms with Crippen molar-refractivity contribution in [2.45, 2.75) is 38.0 Å².